The van der Waals surface area contributed by atoms with E-state index in [9.17, 15) is 0 Å². The second kappa shape index (κ2) is 9.19. The van der Waals surface area contributed by atoms with Crippen LogP contribution in [0.2, 0.25) is 0 Å². The Morgan fingerprint density at radius 1 is 1.00 bits per heavy atom. The summed E-state index contributed by atoms with van der Waals surface area (Å²) < 4.78 is 5.97. The molecule has 1 aromatic carbocycles. The van der Waals surface area contributed by atoms with Crippen LogP contribution in [0.15, 0.2) is 36.4 Å². The predicted molar refractivity (Wildman–Crippen MR) is 116 cm³/mol. The molecule has 0 radical (unpaired) electrons. The third kappa shape index (κ3) is 5.10. The molecule has 2 aliphatic rings. The molecule has 2 aromatic rings. The van der Waals surface area contributed by atoms with Crippen LogP contribution in [0.1, 0.15) is 44.9 Å². The zero-order valence-electron chi connectivity index (χ0n) is 16.1. The van der Waals surface area contributed by atoms with Crippen LogP contribution in [0, 0.1) is 0 Å². The lowest BCUT2D eigenvalue weighted by Gasteiger charge is -2.24. The van der Waals surface area contributed by atoms with E-state index in [1.54, 1.807) is 0 Å². The van der Waals surface area contributed by atoms with Gasteiger partial charge in [0, 0.05) is 25.2 Å². The number of thiocarbonyl (C=S) groups is 1. The highest BCUT2D eigenvalue weighted by molar-refractivity contribution is 7.80. The number of anilines is 2. The summed E-state index contributed by atoms with van der Waals surface area (Å²) in [7, 11) is 0. The first kappa shape index (κ1) is 18.9. The van der Waals surface area contributed by atoms with Crippen molar-refractivity contribution in [3.63, 3.8) is 0 Å². The van der Waals surface area contributed by atoms with Gasteiger partial charge in [0.1, 0.15) is 11.6 Å². The molecule has 2 heterocycles. The minimum absolute atomic E-state index is 0.440. The fourth-order valence-corrected chi connectivity index (χ4v) is 4.07. The number of nitrogens with one attached hydrogen (secondary N) is 2. The van der Waals surface area contributed by atoms with E-state index in [4.69, 9.17) is 17.0 Å². The van der Waals surface area contributed by atoms with E-state index in [-0.39, 0.29) is 0 Å². The molecule has 2 N–H and O–H groups in total. The van der Waals surface area contributed by atoms with Crippen molar-refractivity contribution in [1.82, 2.24) is 15.3 Å². The Kier molecular flexibility index (Phi) is 6.21. The Hall–Kier alpha value is -2.41. The van der Waals surface area contributed by atoms with Gasteiger partial charge >= 0.3 is 0 Å². The molecule has 7 heteroatoms. The van der Waals surface area contributed by atoms with Crippen LogP contribution in [-0.4, -0.2) is 34.2 Å². The third-order valence-corrected chi connectivity index (χ3v) is 5.47. The Morgan fingerprint density at radius 3 is 2.50 bits per heavy atom. The number of hydrogen-bond donors (Lipinski definition) is 2. The van der Waals surface area contributed by atoms with E-state index in [2.05, 4.69) is 25.5 Å². The molecule has 0 atom stereocenters. The van der Waals surface area contributed by atoms with Crippen molar-refractivity contribution in [2.75, 3.05) is 23.3 Å². The molecule has 0 unspecified atom stereocenters. The van der Waals surface area contributed by atoms with Crippen molar-refractivity contribution in [1.29, 1.82) is 0 Å². The number of aromatic nitrogens is 2. The number of nitrogens with zero attached hydrogens (tertiary/aromatic N) is 3. The molecule has 148 valence electrons. The van der Waals surface area contributed by atoms with Gasteiger partial charge in [-0.05, 0) is 50.0 Å². The second-order valence-electron chi connectivity index (χ2n) is 7.43. The molecule has 0 bridgehead atoms. The SMILES string of the molecule is S=C(Nc1nc(Oc2ccccc2)cc(N2CCCC2)n1)NC1CCCCC1. The summed E-state index contributed by atoms with van der Waals surface area (Å²) in [5.41, 5.74) is 0. The summed E-state index contributed by atoms with van der Waals surface area (Å²) in [6.07, 6.45) is 8.54. The van der Waals surface area contributed by atoms with Crippen LogP contribution in [0.5, 0.6) is 11.6 Å². The van der Waals surface area contributed by atoms with Gasteiger partial charge in [-0.15, -0.1) is 0 Å². The van der Waals surface area contributed by atoms with Crippen LogP contribution < -0.4 is 20.3 Å². The lowest BCUT2D eigenvalue weighted by Crippen LogP contribution is -2.39. The quantitative estimate of drug-likeness (QED) is 0.721. The van der Waals surface area contributed by atoms with Gasteiger partial charge in [-0.1, -0.05) is 37.5 Å². The van der Waals surface area contributed by atoms with Crippen molar-refractivity contribution in [3.8, 4) is 11.6 Å². The molecule has 2 fully saturated rings. The average molecular weight is 398 g/mol. The lowest BCUT2D eigenvalue weighted by atomic mass is 9.96. The minimum atomic E-state index is 0.440. The lowest BCUT2D eigenvalue weighted by molar-refractivity contribution is 0.414. The summed E-state index contributed by atoms with van der Waals surface area (Å²) in [6.45, 7) is 2.01. The van der Waals surface area contributed by atoms with Gasteiger partial charge in [0.25, 0.3) is 0 Å². The number of ether oxygens (including phenoxy) is 1. The molecule has 6 nitrogen and oxygen atoms in total. The molecule has 0 amide bonds. The zero-order chi connectivity index (χ0) is 19.2. The monoisotopic (exact) mass is 397 g/mol. The molecular weight excluding hydrogens is 370 g/mol. The van der Waals surface area contributed by atoms with Crippen LogP contribution in [-0.2, 0) is 0 Å². The standard InChI is InChI=1S/C21H27N5OS/c28-21(22-16-9-3-1-4-10-16)25-20-23-18(26-13-7-8-14-26)15-19(24-20)27-17-11-5-2-6-12-17/h2,5-6,11-12,15-16H,1,3-4,7-10,13-14H2,(H2,22,23,24,25,28). The van der Waals surface area contributed by atoms with Crippen molar-refractivity contribution in [2.24, 2.45) is 0 Å². The highest BCUT2D eigenvalue weighted by atomic mass is 32.1. The molecule has 0 spiro atoms. The van der Waals surface area contributed by atoms with E-state index >= 15 is 0 Å². The van der Waals surface area contributed by atoms with E-state index in [0.717, 1.165) is 24.7 Å². The zero-order valence-corrected chi connectivity index (χ0v) is 16.9. The molecule has 1 aliphatic carbocycles. The van der Waals surface area contributed by atoms with E-state index in [1.807, 2.05) is 36.4 Å². The summed E-state index contributed by atoms with van der Waals surface area (Å²) in [5, 5.41) is 7.16. The highest BCUT2D eigenvalue weighted by Crippen LogP contribution is 2.26. The highest BCUT2D eigenvalue weighted by Gasteiger charge is 2.18. The summed E-state index contributed by atoms with van der Waals surface area (Å²) in [4.78, 5) is 11.5. The normalized spacial score (nSPS) is 17.4. The maximum atomic E-state index is 5.97. The first-order chi connectivity index (χ1) is 13.8. The Bertz CT molecular complexity index is 789. The van der Waals surface area contributed by atoms with E-state index in [1.165, 1.54) is 44.9 Å². The summed E-state index contributed by atoms with van der Waals surface area (Å²) in [6, 6.07) is 12.0. The minimum Gasteiger partial charge on any atom is -0.439 e. The van der Waals surface area contributed by atoms with Crippen molar-refractivity contribution >= 4 is 29.1 Å². The van der Waals surface area contributed by atoms with Gasteiger partial charge in [-0.25, -0.2) is 0 Å². The van der Waals surface area contributed by atoms with Gasteiger partial charge in [-0.3, -0.25) is 0 Å². The Labute approximate surface area is 171 Å². The maximum absolute atomic E-state index is 5.97. The predicted octanol–water partition coefficient (Wildman–Crippen LogP) is 4.49. The van der Waals surface area contributed by atoms with Crippen LogP contribution >= 0.6 is 12.2 Å². The second-order valence-corrected chi connectivity index (χ2v) is 7.84. The Morgan fingerprint density at radius 2 is 1.75 bits per heavy atom. The molecule has 4 rings (SSSR count). The van der Waals surface area contributed by atoms with E-state index in [0.29, 0.717) is 23.0 Å². The largest absolute Gasteiger partial charge is 0.439 e. The van der Waals surface area contributed by atoms with Crippen molar-refractivity contribution < 1.29 is 4.74 Å². The third-order valence-electron chi connectivity index (χ3n) is 5.25. The van der Waals surface area contributed by atoms with Crippen LogP contribution in [0.4, 0.5) is 11.8 Å². The van der Waals surface area contributed by atoms with Crippen molar-refractivity contribution in [2.45, 2.75) is 51.0 Å². The van der Waals surface area contributed by atoms with E-state index < -0.39 is 0 Å². The molecule has 28 heavy (non-hydrogen) atoms. The van der Waals surface area contributed by atoms with Crippen LogP contribution in [0.25, 0.3) is 0 Å². The van der Waals surface area contributed by atoms with Gasteiger partial charge in [0.2, 0.25) is 11.8 Å². The Balaban J connectivity index is 1.50. The number of benzene rings is 1. The first-order valence-electron chi connectivity index (χ1n) is 10.2. The average Bonchev–Trinajstić information content (AvgIpc) is 3.24. The van der Waals surface area contributed by atoms with Gasteiger partial charge in [0.15, 0.2) is 5.11 Å². The number of para-hydroxylation sites is 1. The van der Waals surface area contributed by atoms with Crippen molar-refractivity contribution in [3.05, 3.63) is 36.4 Å². The fourth-order valence-electron chi connectivity index (χ4n) is 3.81. The maximum Gasteiger partial charge on any atom is 0.234 e. The molecular formula is C21H27N5OS. The van der Waals surface area contributed by atoms with Gasteiger partial charge in [-0.2, -0.15) is 9.97 Å². The molecule has 1 saturated carbocycles. The summed E-state index contributed by atoms with van der Waals surface area (Å²) >= 11 is 5.51. The molecule has 1 aliphatic heterocycles. The molecule has 1 saturated heterocycles. The fraction of sp³-hybridized carbons (Fsp3) is 0.476. The van der Waals surface area contributed by atoms with Gasteiger partial charge in [0.05, 0.1) is 0 Å². The smallest absolute Gasteiger partial charge is 0.234 e. The van der Waals surface area contributed by atoms with Crippen LogP contribution in [0.3, 0.4) is 0 Å². The number of hydrogen-bond acceptors (Lipinski definition) is 5. The summed E-state index contributed by atoms with van der Waals surface area (Å²) in [5.74, 6) is 2.62. The molecule has 1 aromatic heterocycles. The number of rotatable bonds is 5. The topological polar surface area (TPSA) is 62.3 Å². The van der Waals surface area contributed by atoms with Gasteiger partial charge < -0.3 is 20.3 Å². The first-order valence-corrected chi connectivity index (χ1v) is 10.6.